The Labute approximate surface area is 112 Å². The van der Waals surface area contributed by atoms with Crippen molar-refractivity contribution in [3.8, 4) is 0 Å². The van der Waals surface area contributed by atoms with E-state index in [-0.39, 0.29) is 11.4 Å². The topological polar surface area (TPSA) is 55.1 Å². The predicted molar refractivity (Wildman–Crippen MR) is 76.3 cm³/mol. The number of nitrogens with one attached hydrogen (secondary N) is 1. The normalized spacial score (nSPS) is 24.9. The average Bonchev–Trinajstić information content (AvgIpc) is 2.27. The summed E-state index contributed by atoms with van der Waals surface area (Å²) in [6, 6.07) is 0.401. The standard InChI is InChI=1S/C15H30N2O/c1-4-11-15(2,3)17-14(18)10-7-12-5-8-13(16)9-6-12/h12-13H,4-11,16H2,1-3H3,(H,17,18). The molecule has 0 aliphatic heterocycles. The maximum Gasteiger partial charge on any atom is 0.220 e. The van der Waals surface area contributed by atoms with Gasteiger partial charge < -0.3 is 11.1 Å². The van der Waals surface area contributed by atoms with Crippen molar-refractivity contribution in [2.45, 2.75) is 83.7 Å². The van der Waals surface area contributed by atoms with Gasteiger partial charge in [-0.3, -0.25) is 4.79 Å². The molecule has 106 valence electrons. The van der Waals surface area contributed by atoms with E-state index in [4.69, 9.17) is 5.73 Å². The summed E-state index contributed by atoms with van der Waals surface area (Å²) in [5.41, 5.74) is 5.84. The van der Waals surface area contributed by atoms with Crippen LogP contribution in [0.3, 0.4) is 0 Å². The molecule has 0 aromatic heterocycles. The Morgan fingerprint density at radius 2 is 1.89 bits per heavy atom. The van der Waals surface area contributed by atoms with Crippen LogP contribution < -0.4 is 11.1 Å². The van der Waals surface area contributed by atoms with Crippen molar-refractivity contribution in [3.05, 3.63) is 0 Å². The molecule has 0 radical (unpaired) electrons. The Hall–Kier alpha value is -0.570. The highest BCUT2D eigenvalue weighted by Gasteiger charge is 2.22. The van der Waals surface area contributed by atoms with E-state index in [0.29, 0.717) is 18.4 Å². The summed E-state index contributed by atoms with van der Waals surface area (Å²) in [7, 11) is 0. The van der Waals surface area contributed by atoms with Crippen LogP contribution in [-0.4, -0.2) is 17.5 Å². The van der Waals surface area contributed by atoms with Gasteiger partial charge in [0.25, 0.3) is 0 Å². The third-order valence-corrected chi connectivity index (χ3v) is 4.02. The molecule has 3 nitrogen and oxygen atoms in total. The minimum Gasteiger partial charge on any atom is -0.351 e. The third-order valence-electron chi connectivity index (χ3n) is 4.02. The fourth-order valence-electron chi connectivity index (χ4n) is 2.94. The van der Waals surface area contributed by atoms with Crippen molar-refractivity contribution in [2.75, 3.05) is 0 Å². The summed E-state index contributed by atoms with van der Waals surface area (Å²) >= 11 is 0. The first kappa shape index (κ1) is 15.5. The second-order valence-corrected chi connectivity index (χ2v) is 6.50. The minimum atomic E-state index is -0.0548. The van der Waals surface area contributed by atoms with Gasteiger partial charge in [-0.2, -0.15) is 0 Å². The molecule has 0 unspecified atom stereocenters. The predicted octanol–water partition coefficient (Wildman–Crippen LogP) is 2.98. The molecule has 0 aromatic rings. The van der Waals surface area contributed by atoms with Crippen LogP contribution in [-0.2, 0) is 4.79 Å². The molecule has 0 bridgehead atoms. The first-order valence-electron chi connectivity index (χ1n) is 7.49. The van der Waals surface area contributed by atoms with Crippen molar-refractivity contribution < 1.29 is 4.79 Å². The van der Waals surface area contributed by atoms with Gasteiger partial charge >= 0.3 is 0 Å². The SMILES string of the molecule is CCCC(C)(C)NC(=O)CCC1CCC(N)CC1. The van der Waals surface area contributed by atoms with E-state index in [1.54, 1.807) is 0 Å². The molecular formula is C15H30N2O. The molecule has 1 aliphatic carbocycles. The lowest BCUT2D eigenvalue weighted by Crippen LogP contribution is -2.43. The number of amides is 1. The molecule has 1 amide bonds. The Bertz CT molecular complexity index is 255. The zero-order chi connectivity index (χ0) is 13.6. The summed E-state index contributed by atoms with van der Waals surface area (Å²) < 4.78 is 0. The molecular weight excluding hydrogens is 224 g/mol. The van der Waals surface area contributed by atoms with Gasteiger partial charge in [-0.25, -0.2) is 0 Å². The highest BCUT2D eigenvalue weighted by Crippen LogP contribution is 2.26. The van der Waals surface area contributed by atoms with E-state index >= 15 is 0 Å². The number of rotatable bonds is 6. The maximum atomic E-state index is 11.9. The summed E-state index contributed by atoms with van der Waals surface area (Å²) in [4.78, 5) is 11.9. The molecule has 1 rings (SSSR count). The van der Waals surface area contributed by atoms with Gasteiger partial charge in [-0.1, -0.05) is 13.3 Å². The van der Waals surface area contributed by atoms with Crippen molar-refractivity contribution in [2.24, 2.45) is 11.7 Å². The Morgan fingerprint density at radius 3 is 2.44 bits per heavy atom. The molecule has 1 saturated carbocycles. The quantitative estimate of drug-likeness (QED) is 0.765. The minimum absolute atomic E-state index is 0.0548. The first-order valence-corrected chi connectivity index (χ1v) is 7.49. The summed E-state index contributed by atoms with van der Waals surface area (Å²) in [6.45, 7) is 6.36. The van der Waals surface area contributed by atoms with Crippen LogP contribution in [0.2, 0.25) is 0 Å². The van der Waals surface area contributed by atoms with Crippen LogP contribution in [0, 0.1) is 5.92 Å². The number of hydrogen-bond acceptors (Lipinski definition) is 2. The van der Waals surface area contributed by atoms with E-state index in [0.717, 1.165) is 32.1 Å². The zero-order valence-corrected chi connectivity index (χ0v) is 12.3. The molecule has 18 heavy (non-hydrogen) atoms. The van der Waals surface area contributed by atoms with Gasteiger partial charge in [-0.15, -0.1) is 0 Å². The molecule has 0 spiro atoms. The lowest BCUT2D eigenvalue weighted by Gasteiger charge is -2.28. The van der Waals surface area contributed by atoms with Crippen LogP contribution in [0.5, 0.6) is 0 Å². The monoisotopic (exact) mass is 254 g/mol. The number of carbonyl (C=O) groups is 1. The molecule has 0 saturated heterocycles. The van der Waals surface area contributed by atoms with Gasteiger partial charge in [0.05, 0.1) is 0 Å². The van der Waals surface area contributed by atoms with Crippen LogP contribution in [0.25, 0.3) is 0 Å². The van der Waals surface area contributed by atoms with Crippen LogP contribution in [0.15, 0.2) is 0 Å². The highest BCUT2D eigenvalue weighted by molar-refractivity contribution is 5.76. The summed E-state index contributed by atoms with van der Waals surface area (Å²) in [6.07, 6.45) is 8.51. The van der Waals surface area contributed by atoms with E-state index in [2.05, 4.69) is 26.1 Å². The van der Waals surface area contributed by atoms with Gasteiger partial charge in [0.15, 0.2) is 0 Å². The fourth-order valence-corrected chi connectivity index (χ4v) is 2.94. The average molecular weight is 254 g/mol. The third kappa shape index (κ3) is 5.85. The number of hydrogen-bond donors (Lipinski definition) is 2. The Balaban J connectivity index is 2.20. The summed E-state index contributed by atoms with van der Waals surface area (Å²) in [5.74, 6) is 0.924. The van der Waals surface area contributed by atoms with Gasteiger partial charge in [-0.05, 0) is 58.3 Å². The molecule has 1 aliphatic rings. The smallest absolute Gasteiger partial charge is 0.220 e. The van der Waals surface area contributed by atoms with E-state index in [1.165, 1.54) is 12.8 Å². The van der Waals surface area contributed by atoms with E-state index in [1.807, 2.05) is 0 Å². The van der Waals surface area contributed by atoms with E-state index < -0.39 is 0 Å². The van der Waals surface area contributed by atoms with E-state index in [9.17, 15) is 4.79 Å². The fraction of sp³-hybridized carbons (Fsp3) is 0.933. The second-order valence-electron chi connectivity index (χ2n) is 6.50. The highest BCUT2D eigenvalue weighted by atomic mass is 16.1. The molecule has 0 aromatic carbocycles. The molecule has 3 heteroatoms. The molecule has 0 atom stereocenters. The van der Waals surface area contributed by atoms with Gasteiger partial charge in [0, 0.05) is 18.0 Å². The molecule has 1 fully saturated rings. The maximum absolute atomic E-state index is 11.9. The number of nitrogens with two attached hydrogens (primary N) is 1. The van der Waals surface area contributed by atoms with Crippen molar-refractivity contribution in [1.29, 1.82) is 0 Å². The molecule has 0 heterocycles. The van der Waals surface area contributed by atoms with Gasteiger partial charge in [0.1, 0.15) is 0 Å². The van der Waals surface area contributed by atoms with Crippen LogP contribution in [0.1, 0.15) is 72.1 Å². The summed E-state index contributed by atoms with van der Waals surface area (Å²) in [5, 5.41) is 3.14. The van der Waals surface area contributed by atoms with Crippen LogP contribution >= 0.6 is 0 Å². The zero-order valence-electron chi connectivity index (χ0n) is 12.3. The van der Waals surface area contributed by atoms with Crippen molar-refractivity contribution >= 4 is 5.91 Å². The molecule has 3 N–H and O–H groups in total. The van der Waals surface area contributed by atoms with Crippen LogP contribution in [0.4, 0.5) is 0 Å². The first-order chi connectivity index (χ1) is 8.43. The Morgan fingerprint density at radius 1 is 1.28 bits per heavy atom. The van der Waals surface area contributed by atoms with Crippen molar-refractivity contribution in [1.82, 2.24) is 5.32 Å². The van der Waals surface area contributed by atoms with Crippen molar-refractivity contribution in [3.63, 3.8) is 0 Å². The lowest BCUT2D eigenvalue weighted by atomic mass is 9.83. The largest absolute Gasteiger partial charge is 0.351 e. The lowest BCUT2D eigenvalue weighted by molar-refractivity contribution is -0.123. The number of carbonyl (C=O) groups excluding carboxylic acids is 1. The Kier molecular flexibility index (Phi) is 6.13. The van der Waals surface area contributed by atoms with Gasteiger partial charge in [0.2, 0.25) is 5.91 Å². The second kappa shape index (κ2) is 7.13.